The Morgan fingerprint density at radius 3 is 2.38 bits per heavy atom. The minimum Gasteiger partial charge on any atom is -0.497 e. The molecule has 0 aliphatic carbocycles. The van der Waals surface area contributed by atoms with E-state index in [2.05, 4.69) is 15.4 Å². The number of amides is 2. The number of hydrogen-bond donors (Lipinski definition) is 2. The molecular formula is C20H23N5O4. The summed E-state index contributed by atoms with van der Waals surface area (Å²) in [6, 6.07) is 14.7. The summed E-state index contributed by atoms with van der Waals surface area (Å²) in [6.45, 7) is 3.00. The van der Waals surface area contributed by atoms with Crippen LogP contribution in [0, 0.1) is 0 Å². The van der Waals surface area contributed by atoms with Gasteiger partial charge in [-0.05, 0) is 55.5 Å². The number of primary amides is 1. The van der Waals surface area contributed by atoms with Crippen molar-refractivity contribution in [2.45, 2.75) is 6.92 Å². The van der Waals surface area contributed by atoms with Gasteiger partial charge in [-0.15, -0.1) is 5.10 Å². The number of benzene rings is 2. The van der Waals surface area contributed by atoms with Gasteiger partial charge in [-0.25, -0.2) is 9.48 Å². The van der Waals surface area contributed by atoms with Crippen molar-refractivity contribution in [2.24, 2.45) is 5.73 Å². The van der Waals surface area contributed by atoms with Gasteiger partial charge in [-0.1, -0.05) is 0 Å². The maximum absolute atomic E-state index is 10.7. The molecule has 0 atom stereocenters. The van der Waals surface area contributed by atoms with Crippen molar-refractivity contribution < 1.29 is 19.0 Å². The molecule has 0 unspecified atom stereocenters. The van der Waals surface area contributed by atoms with Crippen LogP contribution in [-0.2, 0) is 0 Å². The normalized spacial score (nSPS) is 10.4. The molecule has 29 heavy (non-hydrogen) atoms. The molecule has 0 spiro atoms. The molecule has 0 saturated carbocycles. The average Bonchev–Trinajstić information content (AvgIpc) is 3.16. The number of carbonyl (C=O) groups is 1. The van der Waals surface area contributed by atoms with Crippen LogP contribution < -0.4 is 25.3 Å². The van der Waals surface area contributed by atoms with Crippen LogP contribution in [0.5, 0.6) is 17.5 Å². The number of nitrogens with zero attached hydrogens (tertiary/aromatic N) is 3. The molecule has 1 aromatic heterocycles. The fourth-order valence-corrected chi connectivity index (χ4v) is 2.62. The van der Waals surface area contributed by atoms with Crippen LogP contribution in [0.4, 0.5) is 4.79 Å². The van der Waals surface area contributed by atoms with Crippen molar-refractivity contribution in [3.63, 3.8) is 0 Å². The highest BCUT2D eigenvalue weighted by molar-refractivity contribution is 5.71. The molecule has 1 heterocycles. The van der Waals surface area contributed by atoms with Gasteiger partial charge >= 0.3 is 12.0 Å². The lowest BCUT2D eigenvalue weighted by Gasteiger charge is -2.09. The highest BCUT2D eigenvalue weighted by Gasteiger charge is 2.15. The molecule has 0 aliphatic rings. The predicted molar refractivity (Wildman–Crippen MR) is 108 cm³/mol. The van der Waals surface area contributed by atoms with Crippen LogP contribution in [0.1, 0.15) is 6.92 Å². The number of nitrogens with two attached hydrogens (primary N) is 1. The number of carbonyl (C=O) groups excluding carboxylic acids is 1. The quantitative estimate of drug-likeness (QED) is 0.536. The summed E-state index contributed by atoms with van der Waals surface area (Å²) in [5, 5.41) is 6.93. The third-order valence-electron chi connectivity index (χ3n) is 3.96. The molecule has 0 aliphatic heterocycles. The average molecular weight is 397 g/mol. The molecule has 9 nitrogen and oxygen atoms in total. The standard InChI is InChI=1S/C20H23N5O4/c1-3-28-20-23-18(25(24-20)15-6-10-16(27-2)11-7-15)14-4-8-17(9-5-14)29-13-12-22-19(21)26/h4-11H,3,12-13H2,1-2H3,(H3,21,22,26). The molecule has 0 bridgehead atoms. The molecule has 3 N–H and O–H groups in total. The van der Waals surface area contributed by atoms with Gasteiger partial charge in [0, 0.05) is 5.56 Å². The molecule has 152 valence electrons. The van der Waals surface area contributed by atoms with E-state index in [9.17, 15) is 4.79 Å². The van der Waals surface area contributed by atoms with Gasteiger partial charge in [0.1, 0.15) is 18.1 Å². The zero-order valence-corrected chi connectivity index (χ0v) is 16.3. The van der Waals surface area contributed by atoms with Crippen LogP contribution in [0.25, 0.3) is 17.1 Å². The summed E-state index contributed by atoms with van der Waals surface area (Å²) < 4.78 is 18.0. The van der Waals surface area contributed by atoms with E-state index in [0.29, 0.717) is 37.3 Å². The molecule has 0 saturated heterocycles. The number of nitrogens with one attached hydrogen (secondary N) is 1. The van der Waals surface area contributed by atoms with Crippen molar-refractivity contribution in [3.8, 4) is 34.6 Å². The van der Waals surface area contributed by atoms with Gasteiger partial charge in [0.2, 0.25) is 0 Å². The Bertz CT molecular complexity index is 939. The van der Waals surface area contributed by atoms with Crippen LogP contribution in [-0.4, -0.2) is 47.7 Å². The first-order chi connectivity index (χ1) is 14.1. The van der Waals surface area contributed by atoms with Crippen LogP contribution in [0.2, 0.25) is 0 Å². The van der Waals surface area contributed by atoms with Gasteiger partial charge in [-0.3, -0.25) is 0 Å². The number of urea groups is 1. The lowest BCUT2D eigenvalue weighted by atomic mass is 10.2. The molecular weight excluding hydrogens is 374 g/mol. The van der Waals surface area contributed by atoms with Crippen molar-refractivity contribution in [1.29, 1.82) is 0 Å². The zero-order valence-electron chi connectivity index (χ0n) is 16.3. The van der Waals surface area contributed by atoms with E-state index in [1.54, 1.807) is 11.8 Å². The van der Waals surface area contributed by atoms with Gasteiger partial charge in [0.15, 0.2) is 5.82 Å². The first kappa shape index (κ1) is 20.0. The Morgan fingerprint density at radius 1 is 1.07 bits per heavy atom. The molecule has 0 radical (unpaired) electrons. The third kappa shape index (κ3) is 5.16. The SMILES string of the molecule is CCOc1nc(-c2ccc(OCCNC(N)=O)cc2)n(-c2ccc(OC)cc2)n1. The molecule has 2 amide bonds. The van der Waals surface area contributed by atoms with Crippen LogP contribution in [0.15, 0.2) is 48.5 Å². The molecule has 9 heteroatoms. The molecule has 2 aromatic carbocycles. The number of hydrogen-bond acceptors (Lipinski definition) is 6. The second-order valence-corrected chi connectivity index (χ2v) is 5.92. The fourth-order valence-electron chi connectivity index (χ4n) is 2.62. The van der Waals surface area contributed by atoms with E-state index in [-0.39, 0.29) is 0 Å². The van der Waals surface area contributed by atoms with Gasteiger partial charge in [0.05, 0.1) is 25.9 Å². The van der Waals surface area contributed by atoms with E-state index in [4.69, 9.17) is 19.9 Å². The first-order valence-electron chi connectivity index (χ1n) is 9.11. The van der Waals surface area contributed by atoms with Crippen LogP contribution >= 0.6 is 0 Å². The Morgan fingerprint density at radius 2 is 1.76 bits per heavy atom. The van der Waals surface area contributed by atoms with Crippen LogP contribution in [0.3, 0.4) is 0 Å². The summed E-state index contributed by atoms with van der Waals surface area (Å²) in [7, 11) is 1.62. The highest BCUT2D eigenvalue weighted by Crippen LogP contribution is 2.26. The first-order valence-corrected chi connectivity index (χ1v) is 9.11. The van der Waals surface area contributed by atoms with Gasteiger partial charge < -0.3 is 25.3 Å². The second-order valence-electron chi connectivity index (χ2n) is 5.92. The third-order valence-corrected chi connectivity index (χ3v) is 3.96. The largest absolute Gasteiger partial charge is 0.497 e. The minimum atomic E-state index is -0.577. The van der Waals surface area contributed by atoms with E-state index < -0.39 is 6.03 Å². The van der Waals surface area contributed by atoms with Gasteiger partial charge in [-0.2, -0.15) is 4.98 Å². The summed E-state index contributed by atoms with van der Waals surface area (Å²) in [4.78, 5) is 15.2. The number of rotatable bonds is 9. The fraction of sp³-hybridized carbons (Fsp3) is 0.250. The Kier molecular flexibility index (Phi) is 6.51. The van der Waals surface area contributed by atoms with E-state index in [1.165, 1.54) is 0 Å². The van der Waals surface area contributed by atoms with E-state index >= 15 is 0 Å². The van der Waals surface area contributed by atoms with Crippen molar-refractivity contribution in [1.82, 2.24) is 20.1 Å². The number of aromatic nitrogens is 3. The maximum Gasteiger partial charge on any atom is 0.336 e. The monoisotopic (exact) mass is 397 g/mol. The number of methoxy groups -OCH3 is 1. The second kappa shape index (κ2) is 9.45. The highest BCUT2D eigenvalue weighted by atomic mass is 16.5. The summed E-state index contributed by atoms with van der Waals surface area (Å²) in [5.74, 6) is 2.06. The van der Waals surface area contributed by atoms with Crippen molar-refractivity contribution >= 4 is 6.03 Å². The Hall–Kier alpha value is -3.75. The topological polar surface area (TPSA) is 114 Å². The Labute approximate surface area is 168 Å². The summed E-state index contributed by atoms with van der Waals surface area (Å²) in [5.41, 5.74) is 6.70. The molecule has 3 aromatic rings. The lowest BCUT2D eigenvalue weighted by molar-refractivity contribution is 0.244. The van der Waals surface area contributed by atoms with Crippen molar-refractivity contribution in [2.75, 3.05) is 26.9 Å². The minimum absolute atomic E-state index is 0.302. The van der Waals surface area contributed by atoms with Gasteiger partial charge in [0.25, 0.3) is 0 Å². The molecule has 3 rings (SSSR count). The maximum atomic E-state index is 10.7. The number of ether oxygens (including phenoxy) is 3. The van der Waals surface area contributed by atoms with E-state index in [0.717, 1.165) is 17.0 Å². The zero-order chi connectivity index (χ0) is 20.6. The smallest absolute Gasteiger partial charge is 0.336 e. The predicted octanol–water partition coefficient (Wildman–Crippen LogP) is 2.39. The lowest BCUT2D eigenvalue weighted by Crippen LogP contribution is -2.32. The van der Waals surface area contributed by atoms with E-state index in [1.807, 2.05) is 55.5 Å². The summed E-state index contributed by atoms with van der Waals surface area (Å²) >= 11 is 0. The Balaban J connectivity index is 1.82. The van der Waals surface area contributed by atoms with Crippen molar-refractivity contribution in [3.05, 3.63) is 48.5 Å². The molecule has 0 fully saturated rings. The summed E-state index contributed by atoms with van der Waals surface area (Å²) in [6.07, 6.45) is 0.